The predicted octanol–water partition coefficient (Wildman–Crippen LogP) is 3.43. The first-order valence-electron chi connectivity index (χ1n) is 8.08. The van der Waals surface area contributed by atoms with E-state index in [0.29, 0.717) is 5.56 Å². The van der Waals surface area contributed by atoms with Gasteiger partial charge in [0.05, 0.1) is 17.0 Å². The van der Waals surface area contributed by atoms with Crippen LogP contribution in [0.2, 0.25) is 0 Å². The minimum absolute atomic E-state index is 0.157. The molecule has 2 aromatic rings. The maximum absolute atomic E-state index is 12.0. The van der Waals surface area contributed by atoms with E-state index in [1.807, 2.05) is 19.1 Å². The van der Waals surface area contributed by atoms with E-state index in [-0.39, 0.29) is 12.2 Å². The van der Waals surface area contributed by atoms with E-state index in [2.05, 4.69) is 0 Å². The molecular weight excluding hydrogens is 320 g/mol. The van der Waals surface area contributed by atoms with Gasteiger partial charge in [-0.25, -0.2) is 9.59 Å². The van der Waals surface area contributed by atoms with E-state index in [4.69, 9.17) is 9.47 Å². The van der Waals surface area contributed by atoms with Crippen molar-refractivity contribution < 1.29 is 23.9 Å². The van der Waals surface area contributed by atoms with Crippen LogP contribution in [0.25, 0.3) is 0 Å². The zero-order valence-electron chi connectivity index (χ0n) is 14.2. The Morgan fingerprint density at radius 2 is 1.48 bits per heavy atom. The van der Waals surface area contributed by atoms with Gasteiger partial charge < -0.3 is 9.47 Å². The largest absolute Gasteiger partial charge is 0.461 e. The summed E-state index contributed by atoms with van der Waals surface area (Å²) in [4.78, 5) is 35.7. The van der Waals surface area contributed by atoms with Crippen molar-refractivity contribution in [2.45, 2.75) is 20.3 Å². The van der Waals surface area contributed by atoms with Gasteiger partial charge in [-0.3, -0.25) is 4.79 Å². The van der Waals surface area contributed by atoms with Gasteiger partial charge >= 0.3 is 17.9 Å². The third-order valence-electron chi connectivity index (χ3n) is 3.67. The summed E-state index contributed by atoms with van der Waals surface area (Å²) in [6.45, 7) is 3.40. The second-order valence-electron chi connectivity index (χ2n) is 5.62. The summed E-state index contributed by atoms with van der Waals surface area (Å²) < 4.78 is 9.92. The van der Waals surface area contributed by atoms with E-state index in [1.54, 1.807) is 42.5 Å². The highest BCUT2D eigenvalue weighted by molar-refractivity contribution is 5.97. The molecule has 1 atom stereocenters. The first-order chi connectivity index (χ1) is 12.0. The quantitative estimate of drug-likeness (QED) is 0.595. The normalized spacial score (nSPS) is 11.4. The lowest BCUT2D eigenvalue weighted by molar-refractivity contribution is -0.143. The number of carbonyl (C=O) groups is 3. The Bertz CT molecular complexity index is 734. The summed E-state index contributed by atoms with van der Waals surface area (Å²) in [7, 11) is 0. The Hall–Kier alpha value is -2.95. The van der Waals surface area contributed by atoms with Crippen LogP contribution in [0.1, 0.15) is 40.1 Å². The van der Waals surface area contributed by atoms with Crippen molar-refractivity contribution >= 4 is 17.9 Å². The lowest BCUT2D eigenvalue weighted by Gasteiger charge is -2.11. The number of hydrogen-bond donors (Lipinski definition) is 0. The van der Waals surface area contributed by atoms with Gasteiger partial charge in [-0.05, 0) is 43.2 Å². The highest BCUT2D eigenvalue weighted by atomic mass is 16.6. The summed E-state index contributed by atoms with van der Waals surface area (Å²) in [5, 5.41) is 0. The molecular formula is C20H20O5. The van der Waals surface area contributed by atoms with Crippen molar-refractivity contribution in [1.82, 2.24) is 0 Å². The molecule has 0 N–H and O–H groups in total. The van der Waals surface area contributed by atoms with Gasteiger partial charge in [0, 0.05) is 0 Å². The molecule has 0 heterocycles. The van der Waals surface area contributed by atoms with Crippen molar-refractivity contribution in [1.29, 1.82) is 0 Å². The van der Waals surface area contributed by atoms with Gasteiger partial charge in [-0.2, -0.15) is 0 Å². The van der Waals surface area contributed by atoms with E-state index in [0.717, 1.165) is 12.0 Å². The van der Waals surface area contributed by atoms with Crippen LogP contribution < -0.4 is 0 Å². The van der Waals surface area contributed by atoms with Crippen molar-refractivity contribution in [2.75, 3.05) is 6.61 Å². The molecule has 0 fully saturated rings. The van der Waals surface area contributed by atoms with Crippen LogP contribution in [0.3, 0.4) is 0 Å². The average molecular weight is 340 g/mol. The second-order valence-corrected chi connectivity index (χ2v) is 5.62. The summed E-state index contributed by atoms with van der Waals surface area (Å²) in [6, 6.07) is 15.3. The molecule has 2 rings (SSSR count). The van der Waals surface area contributed by atoms with Crippen LogP contribution in [-0.2, 0) is 20.7 Å². The fourth-order valence-corrected chi connectivity index (χ4v) is 2.05. The minimum Gasteiger partial charge on any atom is -0.461 e. The average Bonchev–Trinajstić information content (AvgIpc) is 2.66. The van der Waals surface area contributed by atoms with Gasteiger partial charge in [0.1, 0.15) is 6.61 Å². The zero-order chi connectivity index (χ0) is 18.2. The fraction of sp³-hybridized carbons (Fsp3) is 0.250. The summed E-state index contributed by atoms with van der Waals surface area (Å²) >= 11 is 0. The zero-order valence-corrected chi connectivity index (χ0v) is 14.2. The molecule has 25 heavy (non-hydrogen) atoms. The van der Waals surface area contributed by atoms with Crippen LogP contribution in [0.5, 0.6) is 0 Å². The highest BCUT2D eigenvalue weighted by Gasteiger charge is 2.21. The molecule has 0 aliphatic heterocycles. The van der Waals surface area contributed by atoms with Crippen LogP contribution in [-0.4, -0.2) is 24.5 Å². The number of aryl methyl sites for hydroxylation is 1. The van der Waals surface area contributed by atoms with Gasteiger partial charge in [0.15, 0.2) is 0 Å². The van der Waals surface area contributed by atoms with E-state index < -0.39 is 23.8 Å². The Morgan fingerprint density at radius 3 is 2.08 bits per heavy atom. The SMILES string of the molecule is CCc1ccc(C(=O)OCC(C)C(=O)OC(=O)c2ccccc2)cc1. The van der Waals surface area contributed by atoms with Crippen molar-refractivity contribution in [3.8, 4) is 0 Å². The molecule has 130 valence electrons. The molecule has 2 aromatic carbocycles. The van der Waals surface area contributed by atoms with Crippen LogP contribution in [0.15, 0.2) is 54.6 Å². The van der Waals surface area contributed by atoms with Crippen LogP contribution in [0.4, 0.5) is 0 Å². The maximum atomic E-state index is 12.0. The smallest absolute Gasteiger partial charge is 0.345 e. The summed E-state index contributed by atoms with van der Waals surface area (Å²) in [5.41, 5.74) is 1.82. The molecule has 5 heteroatoms. The highest BCUT2D eigenvalue weighted by Crippen LogP contribution is 2.09. The third kappa shape index (κ3) is 5.28. The van der Waals surface area contributed by atoms with Gasteiger partial charge in [-0.15, -0.1) is 0 Å². The van der Waals surface area contributed by atoms with Crippen molar-refractivity contribution in [2.24, 2.45) is 5.92 Å². The maximum Gasteiger partial charge on any atom is 0.345 e. The molecule has 0 aliphatic carbocycles. The molecule has 0 bridgehead atoms. The van der Waals surface area contributed by atoms with Gasteiger partial charge in [-0.1, -0.05) is 37.3 Å². The standard InChI is InChI=1S/C20H20O5/c1-3-15-9-11-17(12-10-15)19(22)24-13-14(2)18(21)25-20(23)16-7-5-4-6-8-16/h4-12,14H,3,13H2,1-2H3. The third-order valence-corrected chi connectivity index (χ3v) is 3.67. The van der Waals surface area contributed by atoms with E-state index in [1.165, 1.54) is 6.92 Å². The number of ether oxygens (including phenoxy) is 2. The number of carbonyl (C=O) groups excluding carboxylic acids is 3. The number of benzene rings is 2. The van der Waals surface area contributed by atoms with Crippen LogP contribution in [0, 0.1) is 5.92 Å². The summed E-state index contributed by atoms with van der Waals surface area (Å²) in [6.07, 6.45) is 0.883. The molecule has 0 spiro atoms. The molecule has 0 aliphatic rings. The second kappa shape index (κ2) is 8.78. The molecule has 0 saturated heterocycles. The first kappa shape index (κ1) is 18.4. The van der Waals surface area contributed by atoms with E-state index in [9.17, 15) is 14.4 Å². The fourth-order valence-electron chi connectivity index (χ4n) is 2.05. The van der Waals surface area contributed by atoms with Crippen molar-refractivity contribution in [3.63, 3.8) is 0 Å². The molecule has 0 aromatic heterocycles. The number of hydrogen-bond acceptors (Lipinski definition) is 5. The Labute approximate surface area is 146 Å². The Kier molecular flexibility index (Phi) is 6.46. The minimum atomic E-state index is -0.744. The Morgan fingerprint density at radius 1 is 0.880 bits per heavy atom. The lowest BCUT2D eigenvalue weighted by Crippen LogP contribution is -2.24. The van der Waals surface area contributed by atoms with Gasteiger partial charge in [0.2, 0.25) is 0 Å². The predicted molar refractivity (Wildman–Crippen MR) is 92.1 cm³/mol. The lowest BCUT2D eigenvalue weighted by atomic mass is 10.1. The van der Waals surface area contributed by atoms with Gasteiger partial charge in [0.25, 0.3) is 0 Å². The molecule has 0 radical (unpaired) electrons. The molecule has 1 unspecified atom stereocenters. The van der Waals surface area contributed by atoms with E-state index >= 15 is 0 Å². The Balaban J connectivity index is 1.84. The monoisotopic (exact) mass is 340 g/mol. The molecule has 5 nitrogen and oxygen atoms in total. The molecule has 0 amide bonds. The van der Waals surface area contributed by atoms with Crippen molar-refractivity contribution in [3.05, 3.63) is 71.3 Å². The summed E-state index contributed by atoms with van der Waals surface area (Å²) in [5.74, 6) is -2.72. The number of esters is 3. The van der Waals surface area contributed by atoms with Crippen LogP contribution >= 0.6 is 0 Å². The molecule has 0 saturated carbocycles. The topological polar surface area (TPSA) is 69.7 Å². The first-order valence-corrected chi connectivity index (χ1v) is 8.08. The number of rotatable bonds is 6.